The van der Waals surface area contributed by atoms with Gasteiger partial charge in [-0.05, 0) is 40.5 Å². The predicted octanol–water partition coefficient (Wildman–Crippen LogP) is 2.75. The lowest BCUT2D eigenvalue weighted by Crippen LogP contribution is -2.24. The van der Waals surface area contributed by atoms with Crippen molar-refractivity contribution in [1.82, 2.24) is 0 Å². The van der Waals surface area contributed by atoms with Crippen molar-refractivity contribution in [3.63, 3.8) is 0 Å². The monoisotopic (exact) mass is 352 g/mol. The van der Waals surface area contributed by atoms with E-state index >= 15 is 0 Å². The average molecular weight is 353 g/mol. The first-order chi connectivity index (χ1) is 9.86. The smallest absolute Gasteiger partial charge is 0.336 e. The minimum atomic E-state index is -1.22. The van der Waals surface area contributed by atoms with Crippen molar-refractivity contribution in [2.75, 3.05) is 0 Å². The third-order valence-electron chi connectivity index (χ3n) is 3.11. The number of ether oxygens (including phenoxy) is 1. The van der Waals surface area contributed by atoms with E-state index in [-0.39, 0.29) is 27.3 Å². The molecule has 1 aliphatic heterocycles. The molecule has 7 heteroatoms. The molecule has 0 spiro atoms. The third-order valence-corrected chi connectivity index (χ3v) is 3.72. The van der Waals surface area contributed by atoms with Crippen LogP contribution in [0.5, 0.6) is 0 Å². The maximum absolute atomic E-state index is 13.4. The number of hydrogen-bond acceptors (Lipinski definition) is 4. The summed E-state index contributed by atoms with van der Waals surface area (Å²) in [4.78, 5) is 11.5. The fourth-order valence-corrected chi connectivity index (χ4v) is 2.58. The van der Waals surface area contributed by atoms with Gasteiger partial charge in [-0.3, -0.25) is 0 Å². The molecule has 0 saturated heterocycles. The van der Waals surface area contributed by atoms with Crippen LogP contribution in [0.2, 0.25) is 0 Å². The molecule has 3 N–H and O–H groups in total. The molecule has 0 aliphatic carbocycles. The number of carboxylic acids is 1. The number of allylic oxidation sites excluding steroid dienone is 2. The summed E-state index contributed by atoms with van der Waals surface area (Å²) in [6.07, 6.45) is 0. The second-order valence-electron chi connectivity index (χ2n) is 4.37. The van der Waals surface area contributed by atoms with Gasteiger partial charge in [-0.1, -0.05) is 6.07 Å². The van der Waals surface area contributed by atoms with Gasteiger partial charge in [-0.2, -0.15) is 5.26 Å². The van der Waals surface area contributed by atoms with E-state index in [1.54, 1.807) is 0 Å². The number of carboxylic acid groups (broad SMARTS) is 1. The molecule has 0 saturated carbocycles. The minimum absolute atomic E-state index is 0.0171. The number of nitrogens with two attached hydrogens (primary N) is 1. The topological polar surface area (TPSA) is 96.3 Å². The summed E-state index contributed by atoms with van der Waals surface area (Å²) in [6.45, 7) is 1.45. The predicted molar refractivity (Wildman–Crippen MR) is 75.1 cm³/mol. The molecule has 108 valence electrons. The Balaban J connectivity index is 2.68. The lowest BCUT2D eigenvalue weighted by atomic mass is 9.83. The van der Waals surface area contributed by atoms with Crippen molar-refractivity contribution in [2.45, 2.75) is 12.8 Å². The van der Waals surface area contributed by atoms with E-state index < -0.39 is 17.7 Å². The van der Waals surface area contributed by atoms with Crippen molar-refractivity contribution in [3.05, 3.63) is 56.8 Å². The van der Waals surface area contributed by atoms with Crippen LogP contribution in [-0.4, -0.2) is 11.1 Å². The maximum atomic E-state index is 13.4. The molecule has 21 heavy (non-hydrogen) atoms. The molecule has 1 aliphatic rings. The van der Waals surface area contributed by atoms with Gasteiger partial charge in [-0.15, -0.1) is 0 Å². The second kappa shape index (κ2) is 5.58. The van der Waals surface area contributed by atoms with Crippen LogP contribution < -0.4 is 5.73 Å². The van der Waals surface area contributed by atoms with Crippen LogP contribution in [0, 0.1) is 17.1 Å². The standard InChI is InChI=1S/C14H10BrFN2O3/c1-6-11(14(19)20)12(8(5-17)13(18)21-6)7-2-3-10(16)9(15)4-7/h2-4,12H,18H2,1H3,(H,19,20). The van der Waals surface area contributed by atoms with Gasteiger partial charge in [0.05, 0.1) is 16.0 Å². The highest BCUT2D eigenvalue weighted by atomic mass is 79.9. The first-order valence-electron chi connectivity index (χ1n) is 5.83. The van der Waals surface area contributed by atoms with Crippen molar-refractivity contribution in [2.24, 2.45) is 5.73 Å². The van der Waals surface area contributed by atoms with Gasteiger partial charge in [0.15, 0.2) is 0 Å². The molecule has 5 nitrogen and oxygen atoms in total. The van der Waals surface area contributed by atoms with Crippen LogP contribution in [0.25, 0.3) is 0 Å². The number of aliphatic carboxylic acids is 1. The molecule has 0 bridgehead atoms. The molecule has 1 unspecified atom stereocenters. The Hall–Kier alpha value is -2.33. The van der Waals surface area contributed by atoms with Crippen LogP contribution in [0.3, 0.4) is 0 Å². The number of rotatable bonds is 2. The summed E-state index contributed by atoms with van der Waals surface area (Å²) in [5.74, 6) is -2.66. The largest absolute Gasteiger partial charge is 0.478 e. The Labute approximate surface area is 128 Å². The summed E-state index contributed by atoms with van der Waals surface area (Å²) in [6, 6.07) is 5.89. The van der Waals surface area contributed by atoms with E-state index in [9.17, 15) is 19.6 Å². The fourth-order valence-electron chi connectivity index (χ4n) is 2.18. The molecule has 1 aromatic carbocycles. The van der Waals surface area contributed by atoms with Gasteiger partial charge in [0.2, 0.25) is 5.88 Å². The number of halogens is 2. The highest BCUT2D eigenvalue weighted by molar-refractivity contribution is 9.10. The van der Waals surface area contributed by atoms with Gasteiger partial charge < -0.3 is 15.6 Å². The van der Waals surface area contributed by atoms with Crippen molar-refractivity contribution in [3.8, 4) is 6.07 Å². The van der Waals surface area contributed by atoms with E-state index in [4.69, 9.17) is 10.5 Å². The highest BCUT2D eigenvalue weighted by Gasteiger charge is 2.35. The SMILES string of the molecule is CC1=C(C(=O)O)C(c2ccc(F)c(Br)c2)C(C#N)=C(N)O1. The second-order valence-corrected chi connectivity index (χ2v) is 5.23. The maximum Gasteiger partial charge on any atom is 0.336 e. The van der Waals surface area contributed by atoms with Crippen LogP contribution in [0.15, 0.2) is 45.5 Å². The number of hydrogen-bond donors (Lipinski definition) is 2. The lowest BCUT2D eigenvalue weighted by Gasteiger charge is -2.25. The molecule has 1 atom stereocenters. The first kappa shape index (κ1) is 15.1. The Kier molecular flexibility index (Phi) is 4.00. The van der Waals surface area contributed by atoms with Gasteiger partial charge in [0.1, 0.15) is 23.2 Å². The van der Waals surface area contributed by atoms with E-state index in [2.05, 4.69) is 15.9 Å². The quantitative estimate of drug-likeness (QED) is 0.852. The normalized spacial score (nSPS) is 18.3. The van der Waals surface area contributed by atoms with E-state index in [0.29, 0.717) is 5.56 Å². The number of nitrogens with zero attached hydrogens (tertiary/aromatic N) is 1. The highest BCUT2D eigenvalue weighted by Crippen LogP contribution is 2.39. The Morgan fingerprint density at radius 3 is 2.76 bits per heavy atom. The molecule has 0 aromatic heterocycles. The van der Waals surface area contributed by atoms with Crippen molar-refractivity contribution >= 4 is 21.9 Å². The van der Waals surface area contributed by atoms with Crippen molar-refractivity contribution in [1.29, 1.82) is 5.26 Å². The Morgan fingerprint density at radius 2 is 2.24 bits per heavy atom. The van der Waals surface area contributed by atoms with Crippen molar-refractivity contribution < 1.29 is 19.0 Å². The van der Waals surface area contributed by atoms with Crippen LogP contribution in [-0.2, 0) is 9.53 Å². The first-order valence-corrected chi connectivity index (χ1v) is 6.62. The van der Waals surface area contributed by atoms with Gasteiger partial charge in [0, 0.05) is 0 Å². The summed E-state index contributed by atoms with van der Waals surface area (Å²) >= 11 is 3.04. The zero-order valence-electron chi connectivity index (χ0n) is 10.9. The van der Waals surface area contributed by atoms with Gasteiger partial charge >= 0.3 is 5.97 Å². The van der Waals surface area contributed by atoms with Gasteiger partial charge in [0.25, 0.3) is 0 Å². The molecular formula is C14H10BrFN2O3. The summed E-state index contributed by atoms with van der Waals surface area (Å²) < 4.78 is 18.6. The molecule has 1 aromatic rings. The van der Waals surface area contributed by atoms with E-state index in [1.807, 2.05) is 6.07 Å². The van der Waals surface area contributed by atoms with Crippen LogP contribution >= 0.6 is 15.9 Å². The van der Waals surface area contributed by atoms with Crippen LogP contribution in [0.4, 0.5) is 4.39 Å². The molecule has 1 heterocycles. The summed E-state index contributed by atoms with van der Waals surface area (Å²) in [5.41, 5.74) is 5.98. The van der Waals surface area contributed by atoms with Gasteiger partial charge in [-0.25, -0.2) is 9.18 Å². The molecule has 0 radical (unpaired) electrons. The molecule has 2 rings (SSSR count). The lowest BCUT2D eigenvalue weighted by molar-refractivity contribution is -0.133. The number of benzene rings is 1. The molecule has 0 amide bonds. The third kappa shape index (κ3) is 2.62. The Bertz CT molecular complexity index is 734. The fraction of sp³-hybridized carbons (Fsp3) is 0.143. The summed E-state index contributed by atoms with van der Waals surface area (Å²) in [7, 11) is 0. The van der Waals surface area contributed by atoms with E-state index in [0.717, 1.165) is 0 Å². The number of nitriles is 1. The number of carbonyl (C=O) groups is 1. The zero-order valence-corrected chi connectivity index (χ0v) is 12.4. The zero-order chi connectivity index (χ0) is 15.7. The average Bonchev–Trinajstić information content (AvgIpc) is 2.40. The van der Waals surface area contributed by atoms with Crippen LogP contribution in [0.1, 0.15) is 18.4 Å². The Morgan fingerprint density at radius 1 is 1.57 bits per heavy atom. The van der Waals surface area contributed by atoms with E-state index in [1.165, 1.54) is 25.1 Å². The summed E-state index contributed by atoms with van der Waals surface area (Å²) in [5, 5.41) is 18.6. The molecule has 0 fully saturated rings. The minimum Gasteiger partial charge on any atom is -0.478 e. The molecular weight excluding hydrogens is 343 g/mol.